The third-order valence-electron chi connectivity index (χ3n) is 6.27. The minimum absolute atomic E-state index is 0.0785. The predicted molar refractivity (Wildman–Crippen MR) is 137 cm³/mol. The molecule has 0 unspecified atom stereocenters. The third kappa shape index (κ3) is 9.14. The molecule has 0 bridgehead atoms. The van der Waals surface area contributed by atoms with Gasteiger partial charge in [-0.25, -0.2) is 14.0 Å². The molecule has 11 nitrogen and oxygen atoms in total. The number of carboxylic acid groups (broad SMARTS) is 2. The van der Waals surface area contributed by atoms with Crippen molar-refractivity contribution in [3.8, 4) is 0 Å². The zero-order valence-electron chi connectivity index (χ0n) is 21.7. The van der Waals surface area contributed by atoms with E-state index in [9.17, 15) is 37.1 Å². The second kappa shape index (κ2) is 13.9. The fourth-order valence-corrected chi connectivity index (χ4v) is 4.12. The Hall–Kier alpha value is -4.24. The van der Waals surface area contributed by atoms with E-state index in [1.54, 1.807) is 12.1 Å². The number of hydrogen-bond acceptors (Lipinski definition) is 7. The predicted octanol–water partition coefficient (Wildman–Crippen LogP) is 2.39. The van der Waals surface area contributed by atoms with Gasteiger partial charge in [0.2, 0.25) is 5.91 Å². The molecule has 15 heteroatoms. The van der Waals surface area contributed by atoms with Gasteiger partial charge in [-0.2, -0.15) is 13.2 Å². The van der Waals surface area contributed by atoms with Crippen LogP contribution in [-0.2, 0) is 14.3 Å². The summed E-state index contributed by atoms with van der Waals surface area (Å²) < 4.78 is 50.1. The van der Waals surface area contributed by atoms with E-state index in [1.807, 2.05) is 9.80 Å². The van der Waals surface area contributed by atoms with Crippen molar-refractivity contribution < 1.29 is 51.7 Å². The van der Waals surface area contributed by atoms with Crippen LogP contribution in [0.2, 0.25) is 0 Å². The Morgan fingerprint density at radius 2 is 1.46 bits per heavy atom. The highest BCUT2D eigenvalue weighted by Gasteiger charge is 2.38. The molecule has 2 aromatic carbocycles. The number of amides is 2. The first kappa shape index (κ1) is 31.3. The number of aliphatic carboxylic acids is 1. The number of carboxylic acids is 2. The number of ether oxygens (including phenoxy) is 1. The second-order valence-electron chi connectivity index (χ2n) is 9.06. The summed E-state index contributed by atoms with van der Waals surface area (Å²) in [5, 5.41) is 19.6. The maximum atomic E-state index is 13.1. The van der Waals surface area contributed by atoms with E-state index in [0.717, 1.165) is 0 Å². The van der Waals surface area contributed by atoms with Crippen molar-refractivity contribution in [3.05, 3.63) is 59.4 Å². The highest BCUT2D eigenvalue weighted by Crippen LogP contribution is 2.26. The van der Waals surface area contributed by atoms with Crippen LogP contribution >= 0.6 is 0 Å². The van der Waals surface area contributed by atoms with Gasteiger partial charge in [-0.15, -0.1) is 0 Å². The average Bonchev–Trinajstić information content (AvgIpc) is 2.94. The van der Waals surface area contributed by atoms with Crippen molar-refractivity contribution in [3.63, 3.8) is 0 Å². The molecule has 2 saturated heterocycles. The van der Waals surface area contributed by atoms with Crippen LogP contribution in [0.5, 0.6) is 0 Å². The Labute approximate surface area is 231 Å². The van der Waals surface area contributed by atoms with Crippen molar-refractivity contribution in [2.24, 2.45) is 0 Å². The summed E-state index contributed by atoms with van der Waals surface area (Å²) >= 11 is 0. The molecule has 0 aliphatic carbocycles. The van der Waals surface area contributed by atoms with Gasteiger partial charge in [0, 0.05) is 50.5 Å². The van der Waals surface area contributed by atoms with E-state index in [4.69, 9.17) is 14.6 Å². The zero-order valence-corrected chi connectivity index (χ0v) is 21.7. The highest BCUT2D eigenvalue weighted by atomic mass is 19.4. The molecule has 2 fully saturated rings. The zero-order chi connectivity index (χ0) is 30.2. The quantitative estimate of drug-likeness (QED) is 0.437. The molecule has 0 aromatic heterocycles. The molecule has 4 rings (SSSR count). The van der Waals surface area contributed by atoms with Crippen molar-refractivity contribution in [2.45, 2.75) is 6.18 Å². The van der Waals surface area contributed by atoms with Crippen LogP contribution in [0.1, 0.15) is 20.7 Å². The third-order valence-corrected chi connectivity index (χ3v) is 6.27. The first-order valence-corrected chi connectivity index (χ1v) is 12.4. The van der Waals surface area contributed by atoms with Gasteiger partial charge in [-0.05, 0) is 42.5 Å². The molecule has 3 N–H and O–H groups in total. The maximum absolute atomic E-state index is 13.1. The van der Waals surface area contributed by atoms with E-state index in [2.05, 4.69) is 10.2 Å². The van der Waals surface area contributed by atoms with Crippen LogP contribution in [0.4, 0.5) is 28.9 Å². The van der Waals surface area contributed by atoms with E-state index in [0.29, 0.717) is 70.4 Å². The van der Waals surface area contributed by atoms with Gasteiger partial charge in [0.25, 0.3) is 5.91 Å². The molecule has 41 heavy (non-hydrogen) atoms. The number of alkyl halides is 3. The fraction of sp³-hybridized carbons (Fsp3) is 0.385. The average molecular weight is 585 g/mol. The lowest BCUT2D eigenvalue weighted by Crippen LogP contribution is -2.51. The number of hydrogen-bond donors (Lipinski definition) is 3. The van der Waals surface area contributed by atoms with Crippen LogP contribution in [0.15, 0.2) is 42.5 Å². The Balaban J connectivity index is 0.000000587. The number of carbonyl (C=O) groups excluding carboxylic acids is 2. The second-order valence-corrected chi connectivity index (χ2v) is 9.06. The summed E-state index contributed by atoms with van der Waals surface area (Å²) in [5.41, 5.74) is 1.25. The van der Waals surface area contributed by atoms with Crippen LogP contribution in [0.3, 0.4) is 0 Å². The number of nitrogens with zero attached hydrogens (tertiary/aromatic N) is 3. The van der Waals surface area contributed by atoms with Gasteiger partial charge in [0.1, 0.15) is 5.82 Å². The number of morpholine rings is 1. The summed E-state index contributed by atoms with van der Waals surface area (Å²) in [5.74, 6) is -4.67. The van der Waals surface area contributed by atoms with E-state index in [1.165, 1.54) is 30.3 Å². The number of aromatic carboxylic acids is 1. The first-order valence-electron chi connectivity index (χ1n) is 12.4. The number of anilines is 2. The minimum atomic E-state index is -5.08. The Morgan fingerprint density at radius 3 is 2.00 bits per heavy atom. The van der Waals surface area contributed by atoms with Crippen molar-refractivity contribution in [2.75, 3.05) is 69.2 Å². The number of benzene rings is 2. The Kier molecular flexibility index (Phi) is 10.6. The topological polar surface area (TPSA) is 140 Å². The Bertz CT molecular complexity index is 1240. The molecular weight excluding hydrogens is 556 g/mol. The SMILES string of the molecule is O=C(Nc1ccc(N2CCN(CC(=O)N3CCOCC3)CC2)c(C(=O)O)c1)c1ccc(F)cc1.O=C(O)C(F)(F)F. The number of nitrogens with one attached hydrogen (secondary N) is 1. The Morgan fingerprint density at radius 1 is 0.878 bits per heavy atom. The number of carbonyl (C=O) groups is 4. The van der Waals surface area contributed by atoms with Gasteiger partial charge in [-0.3, -0.25) is 14.5 Å². The van der Waals surface area contributed by atoms with Gasteiger partial charge in [0.15, 0.2) is 0 Å². The van der Waals surface area contributed by atoms with Gasteiger partial charge in [-0.1, -0.05) is 0 Å². The molecule has 0 saturated carbocycles. The molecule has 2 aliphatic rings. The van der Waals surface area contributed by atoms with Crippen LogP contribution < -0.4 is 10.2 Å². The lowest BCUT2D eigenvalue weighted by Gasteiger charge is -2.37. The lowest BCUT2D eigenvalue weighted by atomic mass is 10.1. The highest BCUT2D eigenvalue weighted by molar-refractivity contribution is 6.05. The number of halogens is 4. The smallest absolute Gasteiger partial charge is 0.478 e. The van der Waals surface area contributed by atoms with Gasteiger partial charge < -0.3 is 30.1 Å². The molecule has 0 radical (unpaired) electrons. The molecule has 222 valence electrons. The number of piperazine rings is 1. The monoisotopic (exact) mass is 584 g/mol. The lowest BCUT2D eigenvalue weighted by molar-refractivity contribution is -0.192. The molecule has 0 spiro atoms. The van der Waals surface area contributed by atoms with Crippen LogP contribution in [0, 0.1) is 5.82 Å². The summed E-state index contributed by atoms with van der Waals surface area (Å²) in [6, 6.07) is 9.85. The summed E-state index contributed by atoms with van der Waals surface area (Å²) in [6.07, 6.45) is -5.08. The minimum Gasteiger partial charge on any atom is -0.478 e. The van der Waals surface area contributed by atoms with Crippen LogP contribution in [-0.4, -0.2) is 109 Å². The maximum Gasteiger partial charge on any atom is 0.490 e. The van der Waals surface area contributed by atoms with E-state index in [-0.39, 0.29) is 17.0 Å². The normalized spacial score (nSPS) is 15.9. The van der Waals surface area contributed by atoms with E-state index < -0.39 is 29.8 Å². The molecule has 0 atom stereocenters. The van der Waals surface area contributed by atoms with Gasteiger partial charge in [0.05, 0.1) is 31.0 Å². The first-order chi connectivity index (χ1) is 19.3. The molecule has 2 aromatic rings. The van der Waals surface area contributed by atoms with Crippen molar-refractivity contribution >= 4 is 35.1 Å². The molecular formula is C26H28F4N4O7. The summed E-state index contributed by atoms with van der Waals surface area (Å²) in [6.45, 7) is 5.14. The van der Waals surface area contributed by atoms with Crippen LogP contribution in [0.25, 0.3) is 0 Å². The number of rotatable bonds is 6. The largest absolute Gasteiger partial charge is 0.490 e. The fourth-order valence-electron chi connectivity index (χ4n) is 4.12. The van der Waals surface area contributed by atoms with Gasteiger partial charge >= 0.3 is 18.1 Å². The van der Waals surface area contributed by atoms with Crippen molar-refractivity contribution in [1.82, 2.24) is 9.80 Å². The summed E-state index contributed by atoms with van der Waals surface area (Å²) in [4.78, 5) is 51.6. The summed E-state index contributed by atoms with van der Waals surface area (Å²) in [7, 11) is 0. The molecule has 2 aliphatic heterocycles. The molecule has 2 heterocycles. The standard InChI is InChI=1S/C24H27FN4O5.C2HF3O2/c25-18-3-1-17(2-4-18)23(31)26-19-5-6-21(20(15-19)24(32)33)28-9-7-27(8-10-28)16-22(30)29-11-13-34-14-12-29;3-2(4,5)1(6)7/h1-6,15H,7-14,16H2,(H,26,31)(H,32,33);(H,6,7). The molecule has 2 amide bonds. The van der Waals surface area contributed by atoms with Crippen molar-refractivity contribution in [1.29, 1.82) is 0 Å². The van der Waals surface area contributed by atoms with E-state index >= 15 is 0 Å².